The predicted molar refractivity (Wildman–Crippen MR) is 299 cm³/mol. The highest BCUT2D eigenvalue weighted by molar-refractivity contribution is 8.04. The van der Waals surface area contributed by atoms with Gasteiger partial charge in [-0.25, -0.2) is 28.5 Å². The third-order valence-corrected chi connectivity index (χ3v) is 14.4. The number of carbonyl (C=O) groups is 7. The number of carboxylic acids is 2. The topological polar surface area (TPSA) is 255 Å². The largest absolute Gasteiger partial charge is 0.494 e. The molecule has 394 valence electrons. The molecule has 0 aliphatic carbocycles. The Balaban J connectivity index is 1.26. The third kappa shape index (κ3) is 13.3. The van der Waals surface area contributed by atoms with Gasteiger partial charge < -0.3 is 26.0 Å². The van der Waals surface area contributed by atoms with E-state index < -0.39 is 68.9 Å². The summed E-state index contributed by atoms with van der Waals surface area (Å²) < 4.78 is 1.75. The van der Waals surface area contributed by atoms with Crippen molar-refractivity contribution < 1.29 is 48.9 Å². The average Bonchev–Trinajstić information content (AvgIpc) is 3.41. The van der Waals surface area contributed by atoms with E-state index in [2.05, 4.69) is 10.6 Å². The summed E-state index contributed by atoms with van der Waals surface area (Å²) in [7, 11) is 0. The van der Waals surface area contributed by atoms with Crippen LogP contribution in [0.5, 0.6) is 5.88 Å². The number of aliphatic carboxylic acids is 2. The van der Waals surface area contributed by atoms with Crippen LogP contribution in [0.3, 0.4) is 0 Å². The second-order valence-electron chi connectivity index (χ2n) is 17.2. The number of barbiturate groups is 1. The van der Waals surface area contributed by atoms with E-state index in [0.29, 0.717) is 23.2 Å². The van der Waals surface area contributed by atoms with Gasteiger partial charge in [0, 0.05) is 24.2 Å². The van der Waals surface area contributed by atoms with Gasteiger partial charge in [-0.1, -0.05) is 104 Å². The summed E-state index contributed by atoms with van der Waals surface area (Å²) in [5, 5.41) is 34.0. The molecule has 7 rings (SSSR count). The van der Waals surface area contributed by atoms with Crippen LogP contribution < -0.4 is 31.7 Å². The molecule has 2 heterocycles. The molecule has 0 saturated carbocycles. The first-order valence-electron chi connectivity index (χ1n) is 24.1. The van der Waals surface area contributed by atoms with Crippen LogP contribution in [-0.2, 0) is 28.8 Å². The predicted octanol–water partition coefficient (Wildman–Crippen LogP) is 8.77. The van der Waals surface area contributed by atoms with Crippen LogP contribution in [0.1, 0.15) is 50.2 Å². The highest BCUT2D eigenvalue weighted by atomic mass is 32.2. The monoisotopic (exact) mass is 1080 g/mol. The van der Waals surface area contributed by atoms with Crippen LogP contribution in [0.2, 0.25) is 0 Å². The minimum Gasteiger partial charge on any atom is -0.494 e. The molecule has 1 aromatic heterocycles. The van der Waals surface area contributed by atoms with Crippen LogP contribution >= 0.6 is 23.5 Å². The fraction of sp³-hybridized carbons (Fsp3) is 0.175. The van der Waals surface area contributed by atoms with E-state index >= 15 is 0 Å². The van der Waals surface area contributed by atoms with E-state index in [1.54, 1.807) is 91.0 Å². The molecule has 77 heavy (non-hydrogen) atoms. The maximum Gasteiger partial charge on any atom is 0.343 e. The summed E-state index contributed by atoms with van der Waals surface area (Å²) >= 11 is 1.82. The fourth-order valence-electron chi connectivity index (χ4n) is 8.12. The second kappa shape index (κ2) is 26.0. The summed E-state index contributed by atoms with van der Waals surface area (Å²) in [6.07, 6.45) is 8.78. The van der Waals surface area contributed by atoms with Gasteiger partial charge in [-0.05, 0) is 109 Å². The molecular weight excluding hydrogens is 1020 g/mol. The van der Waals surface area contributed by atoms with E-state index in [9.17, 15) is 58.5 Å². The summed E-state index contributed by atoms with van der Waals surface area (Å²) in [4.78, 5) is 123. The molecule has 0 spiro atoms. The van der Waals surface area contributed by atoms with Gasteiger partial charge in [-0.15, -0.1) is 23.5 Å². The minimum atomic E-state index is -1.28. The zero-order chi connectivity index (χ0) is 55.2. The number of imide groups is 2. The van der Waals surface area contributed by atoms with E-state index in [1.807, 2.05) is 6.92 Å². The molecule has 6 amide bonds. The normalized spacial score (nSPS) is 14.2. The zero-order valence-corrected chi connectivity index (χ0v) is 43.2. The Kier molecular flexibility index (Phi) is 18.8. The first-order chi connectivity index (χ1) is 37.1. The average molecular weight is 1080 g/mol. The van der Waals surface area contributed by atoms with Crippen molar-refractivity contribution in [2.75, 3.05) is 32.4 Å². The number of benzene rings is 5. The number of amides is 6. The molecule has 1 aliphatic rings. The Bertz CT molecular complexity index is 3430. The second-order valence-corrected chi connectivity index (χ2v) is 19.4. The van der Waals surface area contributed by atoms with Crippen molar-refractivity contribution in [3.63, 3.8) is 0 Å². The van der Waals surface area contributed by atoms with Gasteiger partial charge in [0.1, 0.15) is 21.6 Å². The van der Waals surface area contributed by atoms with E-state index in [1.165, 1.54) is 79.1 Å². The van der Waals surface area contributed by atoms with Gasteiger partial charge in [-0.2, -0.15) is 0 Å². The minimum absolute atomic E-state index is 0.0122. The quantitative estimate of drug-likeness (QED) is 0.0184. The number of para-hydroxylation sites is 2. The molecule has 1 saturated heterocycles. The van der Waals surface area contributed by atoms with Gasteiger partial charge in [0.05, 0.1) is 22.7 Å². The number of nitrogens with zero attached hydrogens (tertiary/aromatic N) is 4. The number of nitrogens with one attached hydrogen (secondary N) is 2. The maximum atomic E-state index is 14.6. The molecule has 20 heteroatoms. The number of urea groups is 1. The number of hydrogen-bond acceptors (Lipinski definition) is 12. The number of allylic oxidation sites excluding steroid dienone is 4. The highest BCUT2D eigenvalue weighted by Gasteiger charge is 2.43. The number of carbonyl (C=O) groups excluding carboxylic acids is 5. The van der Waals surface area contributed by atoms with Crippen molar-refractivity contribution in [2.45, 2.75) is 49.5 Å². The number of anilines is 4. The van der Waals surface area contributed by atoms with Crippen LogP contribution in [0.4, 0.5) is 27.5 Å². The summed E-state index contributed by atoms with van der Waals surface area (Å²) in [5.74, 6) is -5.72. The smallest absolute Gasteiger partial charge is 0.343 e. The van der Waals surface area contributed by atoms with E-state index in [-0.39, 0.29) is 64.9 Å². The molecule has 2 unspecified atom stereocenters. The standard InChI is InChI=1S/C57H52N6O12S2/c1-3-4-27-46(64)58-38-19-14-25-42(34-38)62-52(68)44(50(66)60(56(62)74)40-21-10-6-11-22-40)31-29-37(36-17-8-5-9-18-36)30-32-45-51(67)61(41-23-12-7-13-24-41)57(75)63(53(45)69)43-26-15-20-39(35-43)59-47(65)28-16-33-77-49(55(72)73)48(76-2)54(70)71/h5-15,17-26,29-32,34-35,48-49,67H,3-4,16,27-28,33H2,1-2H3,(H,58,64)(H,59,65)(H,70,71)(H,72,73). The molecule has 1 fully saturated rings. The van der Waals surface area contributed by atoms with Crippen LogP contribution in [0, 0.1) is 0 Å². The third-order valence-electron chi connectivity index (χ3n) is 11.9. The Labute approximate surface area is 450 Å². The Morgan fingerprint density at radius 1 is 0.623 bits per heavy atom. The lowest BCUT2D eigenvalue weighted by Gasteiger charge is -2.34. The van der Waals surface area contributed by atoms with Crippen molar-refractivity contribution in [1.29, 1.82) is 0 Å². The molecule has 6 aromatic rings. The van der Waals surface area contributed by atoms with Crippen molar-refractivity contribution >= 4 is 99.5 Å². The number of aromatic nitrogens is 2. The highest BCUT2D eigenvalue weighted by Crippen LogP contribution is 2.32. The Morgan fingerprint density at radius 2 is 1.14 bits per heavy atom. The molecule has 0 radical (unpaired) electrons. The van der Waals surface area contributed by atoms with E-state index in [0.717, 1.165) is 48.9 Å². The van der Waals surface area contributed by atoms with E-state index in [4.69, 9.17) is 0 Å². The SMILES string of the molecule is CCCCC(=O)Nc1cccc(N2C(=O)C(=CC=C(C=Cc3c(O)n(-c4ccccc4)c(=O)n(-c4cccc(NC(=O)CCCSC(C(=O)O)C(SC)C(=O)O)c4)c3=O)c3ccccc3)C(=O)N(c3ccccc3)C2=O)c1. The summed E-state index contributed by atoms with van der Waals surface area (Å²) in [5.41, 5.74) is -0.884. The number of hydrogen-bond donors (Lipinski definition) is 5. The molecule has 5 aromatic carbocycles. The van der Waals surface area contributed by atoms with Gasteiger partial charge in [0.15, 0.2) is 0 Å². The number of thioether (sulfide) groups is 2. The lowest BCUT2D eigenvalue weighted by Crippen LogP contribution is -2.57. The van der Waals surface area contributed by atoms with Gasteiger partial charge in [0.2, 0.25) is 17.7 Å². The molecular formula is C57H52N6O12S2. The molecule has 5 N–H and O–H groups in total. The van der Waals surface area contributed by atoms with Crippen molar-refractivity contribution in [2.24, 2.45) is 0 Å². The lowest BCUT2D eigenvalue weighted by molar-refractivity contribution is -0.142. The summed E-state index contributed by atoms with van der Waals surface area (Å²) in [6, 6.07) is 35.8. The number of aromatic hydroxyl groups is 1. The lowest BCUT2D eigenvalue weighted by atomic mass is 10.0. The number of rotatable bonds is 22. The molecule has 18 nitrogen and oxygen atoms in total. The van der Waals surface area contributed by atoms with Gasteiger partial charge >= 0.3 is 23.7 Å². The summed E-state index contributed by atoms with van der Waals surface area (Å²) in [6.45, 7) is 1.96. The molecule has 0 bridgehead atoms. The maximum absolute atomic E-state index is 14.6. The molecule has 2 atom stereocenters. The van der Waals surface area contributed by atoms with Crippen LogP contribution in [0.15, 0.2) is 173 Å². The number of carboxylic acid groups (broad SMARTS) is 2. The first-order valence-corrected chi connectivity index (χ1v) is 26.5. The first kappa shape index (κ1) is 55.7. The fourth-order valence-corrected chi connectivity index (χ4v) is 10.3. The molecule has 1 aliphatic heterocycles. The van der Waals surface area contributed by atoms with Gasteiger partial charge in [0.25, 0.3) is 17.4 Å². The van der Waals surface area contributed by atoms with Crippen LogP contribution in [-0.4, -0.2) is 88.6 Å². The zero-order valence-electron chi connectivity index (χ0n) is 41.6. The Hall–Kier alpha value is -9.01. The van der Waals surface area contributed by atoms with Crippen molar-refractivity contribution in [3.05, 3.63) is 195 Å². The van der Waals surface area contributed by atoms with Crippen LogP contribution in [0.25, 0.3) is 23.0 Å². The number of unbranched alkanes of at least 4 members (excludes halogenated alkanes) is 1. The Morgan fingerprint density at radius 3 is 1.71 bits per heavy atom. The van der Waals surface area contributed by atoms with Crippen molar-refractivity contribution in [1.82, 2.24) is 9.13 Å². The van der Waals surface area contributed by atoms with Crippen molar-refractivity contribution in [3.8, 4) is 17.3 Å². The van der Waals surface area contributed by atoms with Gasteiger partial charge in [-0.3, -0.25) is 33.6 Å².